The number of aryl methyl sites for hydroxylation is 1. The summed E-state index contributed by atoms with van der Waals surface area (Å²) in [5, 5.41) is 2.98. The number of hydrogen-bond donors (Lipinski definition) is 1. The summed E-state index contributed by atoms with van der Waals surface area (Å²) < 4.78 is 31.2. The van der Waals surface area contributed by atoms with E-state index in [1.54, 1.807) is 31.2 Å². The van der Waals surface area contributed by atoms with E-state index in [0.29, 0.717) is 17.9 Å². The fourth-order valence-corrected chi connectivity index (χ4v) is 4.24. The maximum absolute atomic E-state index is 12.9. The molecule has 0 unspecified atom stereocenters. The second-order valence-electron chi connectivity index (χ2n) is 6.82. The molecule has 1 amide bonds. The van der Waals surface area contributed by atoms with Crippen molar-refractivity contribution in [3.63, 3.8) is 0 Å². The van der Waals surface area contributed by atoms with Crippen LogP contribution in [0, 0.1) is 6.92 Å². The molecule has 0 bridgehead atoms. The van der Waals surface area contributed by atoms with Crippen LogP contribution < -0.4 is 14.4 Å². The zero-order chi connectivity index (χ0) is 20.9. The first-order valence-electron chi connectivity index (χ1n) is 9.17. The van der Waals surface area contributed by atoms with Gasteiger partial charge in [-0.05, 0) is 38.0 Å². The molecular weight excluding hydrogens is 376 g/mol. The van der Waals surface area contributed by atoms with Gasteiger partial charge in [0.2, 0.25) is 15.9 Å². The highest BCUT2D eigenvalue weighted by Crippen LogP contribution is 2.26. The Hall–Kier alpha value is -2.54. The van der Waals surface area contributed by atoms with Crippen LogP contribution in [0.3, 0.4) is 0 Å². The van der Waals surface area contributed by atoms with Crippen molar-refractivity contribution in [2.75, 3.05) is 17.7 Å². The molecule has 0 fully saturated rings. The van der Waals surface area contributed by atoms with Gasteiger partial charge in [-0.15, -0.1) is 0 Å². The Bertz CT molecular complexity index is 910. The SMILES string of the molecule is CC[C@@H](NC(=O)[C@H](C)N(c1cccc(OC)c1)S(C)(=O)=O)c1ccc(C)cc1. The lowest BCUT2D eigenvalue weighted by Crippen LogP contribution is -2.48. The number of sulfonamides is 1. The van der Waals surface area contributed by atoms with E-state index in [9.17, 15) is 13.2 Å². The smallest absolute Gasteiger partial charge is 0.244 e. The summed E-state index contributed by atoms with van der Waals surface area (Å²) in [6, 6.07) is 13.5. The molecule has 0 aliphatic rings. The molecular formula is C21H28N2O4S. The summed E-state index contributed by atoms with van der Waals surface area (Å²) >= 11 is 0. The van der Waals surface area contributed by atoms with E-state index < -0.39 is 16.1 Å². The topological polar surface area (TPSA) is 75.7 Å². The molecule has 2 rings (SSSR count). The summed E-state index contributed by atoms with van der Waals surface area (Å²) in [4.78, 5) is 12.9. The highest BCUT2D eigenvalue weighted by atomic mass is 32.2. The van der Waals surface area contributed by atoms with Crippen molar-refractivity contribution in [1.29, 1.82) is 0 Å². The van der Waals surface area contributed by atoms with E-state index in [2.05, 4.69) is 5.32 Å². The third-order valence-corrected chi connectivity index (χ3v) is 5.84. The monoisotopic (exact) mass is 404 g/mol. The molecule has 2 atom stereocenters. The minimum absolute atomic E-state index is 0.192. The molecule has 0 aliphatic carbocycles. The Morgan fingerprint density at radius 1 is 1.18 bits per heavy atom. The van der Waals surface area contributed by atoms with Crippen molar-refractivity contribution in [2.24, 2.45) is 0 Å². The maximum atomic E-state index is 12.9. The van der Waals surface area contributed by atoms with Crippen LogP contribution in [-0.4, -0.2) is 33.7 Å². The number of ether oxygens (including phenoxy) is 1. The van der Waals surface area contributed by atoms with Gasteiger partial charge in [-0.1, -0.05) is 42.8 Å². The summed E-state index contributed by atoms with van der Waals surface area (Å²) in [5.74, 6) is 0.158. The van der Waals surface area contributed by atoms with Gasteiger partial charge >= 0.3 is 0 Å². The van der Waals surface area contributed by atoms with Crippen LogP contribution in [0.5, 0.6) is 5.75 Å². The van der Waals surface area contributed by atoms with Crippen molar-refractivity contribution < 1.29 is 17.9 Å². The van der Waals surface area contributed by atoms with Gasteiger partial charge in [-0.25, -0.2) is 8.42 Å². The van der Waals surface area contributed by atoms with Gasteiger partial charge in [-0.2, -0.15) is 0 Å². The molecule has 0 saturated carbocycles. The number of anilines is 1. The van der Waals surface area contributed by atoms with E-state index >= 15 is 0 Å². The van der Waals surface area contributed by atoms with Crippen molar-refractivity contribution in [3.8, 4) is 5.75 Å². The fourth-order valence-electron chi connectivity index (χ4n) is 3.07. The van der Waals surface area contributed by atoms with Crippen LogP contribution >= 0.6 is 0 Å². The van der Waals surface area contributed by atoms with E-state index in [1.807, 2.05) is 38.1 Å². The van der Waals surface area contributed by atoms with Gasteiger partial charge in [0, 0.05) is 6.07 Å². The Labute approximate surface area is 167 Å². The van der Waals surface area contributed by atoms with Crippen molar-refractivity contribution >= 4 is 21.6 Å². The molecule has 2 aromatic rings. The van der Waals surface area contributed by atoms with Crippen LogP contribution in [0.1, 0.15) is 37.4 Å². The third-order valence-electron chi connectivity index (χ3n) is 4.60. The van der Waals surface area contributed by atoms with Crippen LogP contribution in [0.2, 0.25) is 0 Å². The van der Waals surface area contributed by atoms with Gasteiger partial charge in [0.15, 0.2) is 0 Å². The quantitative estimate of drug-likeness (QED) is 0.731. The maximum Gasteiger partial charge on any atom is 0.244 e. The van der Waals surface area contributed by atoms with Crippen molar-refractivity contribution in [3.05, 3.63) is 59.7 Å². The van der Waals surface area contributed by atoms with Gasteiger partial charge in [0.1, 0.15) is 11.8 Å². The summed E-state index contributed by atoms with van der Waals surface area (Å²) in [6.45, 7) is 5.56. The first-order chi connectivity index (χ1) is 13.2. The van der Waals surface area contributed by atoms with E-state index in [4.69, 9.17) is 4.74 Å². The fraction of sp³-hybridized carbons (Fsp3) is 0.381. The molecule has 0 aliphatic heterocycles. The zero-order valence-corrected chi connectivity index (χ0v) is 17.8. The summed E-state index contributed by atoms with van der Waals surface area (Å²) in [5.41, 5.74) is 2.51. The van der Waals surface area contributed by atoms with Gasteiger partial charge < -0.3 is 10.1 Å². The van der Waals surface area contributed by atoms with Gasteiger partial charge in [-0.3, -0.25) is 9.10 Å². The normalized spacial score (nSPS) is 13.5. The molecule has 0 saturated heterocycles. The Morgan fingerprint density at radius 3 is 2.36 bits per heavy atom. The van der Waals surface area contributed by atoms with Gasteiger partial charge in [0.25, 0.3) is 0 Å². The molecule has 152 valence electrons. The van der Waals surface area contributed by atoms with Crippen molar-refractivity contribution in [1.82, 2.24) is 5.32 Å². The molecule has 2 aromatic carbocycles. The minimum atomic E-state index is -3.68. The van der Waals surface area contributed by atoms with Crippen molar-refractivity contribution in [2.45, 2.75) is 39.3 Å². The lowest BCUT2D eigenvalue weighted by molar-refractivity contribution is -0.122. The highest BCUT2D eigenvalue weighted by Gasteiger charge is 2.30. The Kier molecular flexibility index (Phi) is 7.07. The summed E-state index contributed by atoms with van der Waals surface area (Å²) in [6.07, 6.45) is 1.78. The lowest BCUT2D eigenvalue weighted by atomic mass is 10.0. The molecule has 0 heterocycles. The predicted octanol–water partition coefficient (Wildman–Crippen LogP) is 3.43. The third kappa shape index (κ3) is 5.25. The molecule has 0 spiro atoms. The first-order valence-corrected chi connectivity index (χ1v) is 11.0. The molecule has 6 nitrogen and oxygen atoms in total. The Balaban J connectivity index is 2.29. The molecule has 7 heteroatoms. The zero-order valence-electron chi connectivity index (χ0n) is 17.0. The number of carbonyl (C=O) groups excluding carboxylic acids is 1. The average Bonchev–Trinajstić information content (AvgIpc) is 2.65. The number of rotatable bonds is 8. The number of hydrogen-bond acceptors (Lipinski definition) is 4. The lowest BCUT2D eigenvalue weighted by Gasteiger charge is -2.30. The molecule has 28 heavy (non-hydrogen) atoms. The molecule has 0 aromatic heterocycles. The average molecular weight is 405 g/mol. The predicted molar refractivity (Wildman–Crippen MR) is 112 cm³/mol. The number of amides is 1. The van der Waals surface area contributed by atoms with E-state index in [1.165, 1.54) is 7.11 Å². The van der Waals surface area contributed by atoms with Crippen LogP contribution in [0.4, 0.5) is 5.69 Å². The number of methoxy groups -OCH3 is 1. The van der Waals surface area contributed by atoms with Crippen LogP contribution in [0.15, 0.2) is 48.5 Å². The van der Waals surface area contributed by atoms with E-state index in [0.717, 1.165) is 21.7 Å². The van der Waals surface area contributed by atoms with Gasteiger partial charge in [0.05, 0.1) is 25.1 Å². The second kappa shape index (κ2) is 9.10. The minimum Gasteiger partial charge on any atom is -0.497 e. The first kappa shape index (κ1) is 21.8. The Morgan fingerprint density at radius 2 is 1.82 bits per heavy atom. The molecule has 1 N–H and O–H groups in total. The summed E-state index contributed by atoms with van der Waals surface area (Å²) in [7, 11) is -2.18. The van der Waals surface area contributed by atoms with Crippen LogP contribution in [0.25, 0.3) is 0 Å². The number of carbonyl (C=O) groups is 1. The van der Waals surface area contributed by atoms with E-state index in [-0.39, 0.29) is 11.9 Å². The highest BCUT2D eigenvalue weighted by molar-refractivity contribution is 7.92. The van der Waals surface area contributed by atoms with Crippen LogP contribution in [-0.2, 0) is 14.8 Å². The molecule has 0 radical (unpaired) electrons. The number of nitrogens with one attached hydrogen (secondary N) is 1. The number of nitrogens with zero attached hydrogens (tertiary/aromatic N) is 1. The number of benzene rings is 2. The standard InChI is InChI=1S/C21H28N2O4S/c1-6-20(17-12-10-15(2)11-13-17)22-21(24)16(3)23(28(5,25)26)18-8-7-9-19(14-18)27-4/h7-14,16,20H,6H2,1-5H3,(H,22,24)/t16-,20+/m0/s1. The second-order valence-corrected chi connectivity index (χ2v) is 8.68. The largest absolute Gasteiger partial charge is 0.497 e.